The number of amides is 3. The summed E-state index contributed by atoms with van der Waals surface area (Å²) in [4.78, 5) is 74.5. The molecule has 20 heteroatoms. The van der Waals surface area contributed by atoms with Gasteiger partial charge in [-0.15, -0.1) is 12.4 Å². The first-order valence-corrected chi connectivity index (χ1v) is 29.2. The van der Waals surface area contributed by atoms with E-state index in [1.165, 1.54) is 11.3 Å². The van der Waals surface area contributed by atoms with Crippen molar-refractivity contribution in [3.05, 3.63) is 167 Å². The van der Waals surface area contributed by atoms with Gasteiger partial charge in [0.1, 0.15) is 59.2 Å². The molecule has 8 rings (SSSR count). The van der Waals surface area contributed by atoms with Gasteiger partial charge in [0.05, 0.1) is 36.1 Å². The number of fused-ring (bicyclic) bond motifs is 2. The van der Waals surface area contributed by atoms with Gasteiger partial charge in [-0.3, -0.25) is 14.4 Å². The topological polar surface area (TPSA) is 265 Å². The van der Waals surface area contributed by atoms with Crippen molar-refractivity contribution in [3.63, 3.8) is 0 Å². The van der Waals surface area contributed by atoms with Gasteiger partial charge in [-0.05, 0) is 189 Å². The minimum Gasteiger partial charge on any atom is -0.489 e. The Morgan fingerprint density at radius 1 is 0.544 bits per heavy atom. The van der Waals surface area contributed by atoms with Gasteiger partial charge in [-0.2, -0.15) is 10.5 Å². The van der Waals surface area contributed by atoms with Crippen LogP contribution in [0, 0.1) is 22.7 Å². The fraction of sp³-hybridized carbons (Fsp3) is 0.371. The van der Waals surface area contributed by atoms with E-state index < -0.39 is 76.9 Å². The lowest BCUT2D eigenvalue weighted by molar-refractivity contribution is -0.158. The van der Waals surface area contributed by atoms with E-state index >= 15 is 0 Å². The number of hydrogen-bond donors (Lipinski definition) is 4. The number of aliphatic carboxylic acids is 1. The lowest BCUT2D eigenvalue weighted by atomic mass is 9.98. The van der Waals surface area contributed by atoms with Crippen molar-refractivity contribution >= 4 is 59.8 Å². The third-order valence-corrected chi connectivity index (χ3v) is 12.9. The second-order valence-electron chi connectivity index (χ2n) is 25.1. The summed E-state index contributed by atoms with van der Waals surface area (Å²) in [5, 5.41) is 36.3. The predicted molar refractivity (Wildman–Crippen MR) is 345 cm³/mol. The Morgan fingerprint density at radius 2 is 0.978 bits per heavy atom. The molecule has 6 aromatic rings. The number of carbonyl (C=O) groups excluding carboxylic acids is 5. The molecular formula is C70H81ClN6O13. The smallest absolute Gasteiger partial charge is 0.408 e. The number of alkyl carbamates (subject to hydrolysis) is 2. The van der Waals surface area contributed by atoms with Crippen LogP contribution in [0.4, 0.5) is 21.0 Å². The van der Waals surface area contributed by atoms with Gasteiger partial charge >= 0.3 is 30.1 Å². The van der Waals surface area contributed by atoms with Gasteiger partial charge in [-0.25, -0.2) is 14.4 Å². The van der Waals surface area contributed by atoms with Gasteiger partial charge in [0.25, 0.3) is 0 Å². The van der Waals surface area contributed by atoms with Crippen LogP contribution in [0.2, 0.25) is 0 Å². The molecule has 3 amide bonds. The van der Waals surface area contributed by atoms with Crippen LogP contribution in [-0.2, 0) is 64.2 Å². The van der Waals surface area contributed by atoms with Crippen LogP contribution in [-0.4, -0.2) is 88.7 Å². The van der Waals surface area contributed by atoms with Gasteiger partial charge in [0, 0.05) is 24.5 Å². The molecule has 90 heavy (non-hydrogen) atoms. The Hall–Kier alpha value is -9.59. The van der Waals surface area contributed by atoms with Gasteiger partial charge in [0.15, 0.2) is 0 Å². The fourth-order valence-corrected chi connectivity index (χ4v) is 9.28. The second kappa shape index (κ2) is 31.5. The van der Waals surface area contributed by atoms with E-state index in [4.69, 9.17) is 33.5 Å². The average molecular weight is 1250 g/mol. The third-order valence-electron chi connectivity index (χ3n) is 12.9. The number of halogens is 1. The number of benzene rings is 6. The molecular weight excluding hydrogens is 1170 g/mol. The summed E-state index contributed by atoms with van der Waals surface area (Å²) in [5.41, 5.74) is 8.04. The van der Waals surface area contributed by atoms with E-state index in [-0.39, 0.29) is 25.4 Å². The first kappa shape index (κ1) is 71.2. The zero-order valence-electron chi connectivity index (χ0n) is 53.1. The molecule has 0 aliphatic carbocycles. The molecule has 0 bridgehead atoms. The standard InChI is InChI=1S/C35H39N3O6.C22H18N2O.C13H23NO6.ClH/c1-34(2,3)43-31(39)20-29(37-33(41)44-35(4,5)6)32(40)38-17-16-25-19-27(13-15-30(25)38)42-22-23-12-14-28(26(18-23)21-36)24-10-8-7-9-11-24;23-14-19-12-16(6-8-21(19)17-4-2-1-3-5-17)15-25-20-7-9-22-18(13-20)10-11-24-22;1-12(2,3)19-9(15)7-8(10(16)17)14-11(18)20-13(4,5)6;/h7-15,18-19,29H,16-17,20,22H2,1-6H3,(H,37,41);1-9,12-13,24H,10-11,15H2;8H,7H2,1-6H3,(H,14,18)(H,16,17);1H/t29-;;8-;/m1.1./s1. The van der Waals surface area contributed by atoms with E-state index in [9.17, 15) is 39.3 Å². The number of nitriles is 2. The van der Waals surface area contributed by atoms with Crippen LogP contribution in [0.3, 0.4) is 0 Å². The van der Waals surface area contributed by atoms with Crippen LogP contribution >= 0.6 is 12.4 Å². The summed E-state index contributed by atoms with van der Waals surface area (Å²) < 4.78 is 32.7. The van der Waals surface area contributed by atoms with Crippen molar-refractivity contribution in [1.29, 1.82) is 10.5 Å². The second-order valence-corrected chi connectivity index (χ2v) is 25.1. The number of carboxylic acid groups (broad SMARTS) is 1. The molecule has 0 radical (unpaired) electrons. The zero-order chi connectivity index (χ0) is 65.3. The van der Waals surface area contributed by atoms with Crippen molar-refractivity contribution in [2.24, 2.45) is 0 Å². The highest BCUT2D eigenvalue weighted by Crippen LogP contribution is 2.34. The molecule has 2 aliphatic heterocycles. The summed E-state index contributed by atoms with van der Waals surface area (Å²) in [7, 11) is 0. The van der Waals surface area contributed by atoms with Crippen LogP contribution in [0.5, 0.6) is 11.5 Å². The number of hydrogen-bond acceptors (Lipinski definition) is 15. The highest BCUT2D eigenvalue weighted by atomic mass is 35.5. The molecule has 0 fully saturated rings. The number of rotatable bonds is 16. The van der Waals surface area contributed by atoms with E-state index in [1.807, 2.05) is 109 Å². The first-order valence-electron chi connectivity index (χ1n) is 29.2. The highest BCUT2D eigenvalue weighted by molar-refractivity contribution is 6.02. The van der Waals surface area contributed by atoms with Crippen molar-refractivity contribution in [3.8, 4) is 45.9 Å². The SMILES string of the molecule is CC(C)(C)OC(=O)C[C@@H](NC(=O)OC(C)(C)C)C(=O)N1CCc2cc(OCc3ccc(-c4ccccc4)c(C#N)c3)ccc21.CC(C)(C)OC(=O)C[C@@H](NC(=O)OC(C)(C)C)C(=O)O.Cl.N#Cc1cc(COc2ccc3c(c2)CCN3)ccc1-c1ccccc1. The summed E-state index contributed by atoms with van der Waals surface area (Å²) in [5.74, 6) is -1.58. The summed E-state index contributed by atoms with van der Waals surface area (Å²) in [6, 6.07) is 45.0. The number of carbonyl (C=O) groups is 6. The van der Waals surface area contributed by atoms with Crippen LogP contribution < -0.4 is 30.3 Å². The lowest BCUT2D eigenvalue weighted by Gasteiger charge is -2.27. The van der Waals surface area contributed by atoms with Gasteiger partial charge < -0.3 is 54.4 Å². The molecule has 2 heterocycles. The van der Waals surface area contributed by atoms with Crippen LogP contribution in [0.15, 0.2) is 133 Å². The number of carboxylic acids is 1. The molecule has 2 aliphatic rings. The number of nitrogens with one attached hydrogen (secondary N) is 3. The molecule has 0 saturated heterocycles. The minimum atomic E-state index is -1.39. The fourth-order valence-electron chi connectivity index (χ4n) is 9.28. The molecule has 4 N–H and O–H groups in total. The third kappa shape index (κ3) is 22.8. The minimum absolute atomic E-state index is 0. The Labute approximate surface area is 533 Å². The first-order chi connectivity index (χ1) is 41.8. The van der Waals surface area contributed by atoms with Crippen molar-refractivity contribution < 1.29 is 62.3 Å². The van der Waals surface area contributed by atoms with Crippen molar-refractivity contribution in [2.45, 2.75) is 156 Å². The molecule has 0 spiro atoms. The number of anilines is 2. The summed E-state index contributed by atoms with van der Waals surface area (Å²) >= 11 is 0. The number of ether oxygens (including phenoxy) is 6. The lowest BCUT2D eigenvalue weighted by Crippen LogP contribution is -2.50. The maximum atomic E-state index is 13.7. The van der Waals surface area contributed by atoms with Crippen LogP contribution in [0.25, 0.3) is 22.3 Å². The zero-order valence-corrected chi connectivity index (χ0v) is 53.9. The van der Waals surface area contributed by atoms with Gasteiger partial charge in [-0.1, -0.05) is 84.9 Å². The Balaban J connectivity index is 0.000000270. The molecule has 0 aromatic heterocycles. The van der Waals surface area contributed by atoms with E-state index in [0.717, 1.165) is 57.7 Å². The monoisotopic (exact) mass is 1250 g/mol. The summed E-state index contributed by atoms with van der Waals surface area (Å²) in [6.45, 7) is 22.4. The largest absolute Gasteiger partial charge is 0.489 e. The highest BCUT2D eigenvalue weighted by Gasteiger charge is 2.35. The molecule has 0 unspecified atom stereocenters. The molecule has 2 atom stereocenters. The van der Waals surface area contributed by atoms with E-state index in [1.54, 1.807) is 100 Å². The Morgan fingerprint density at radius 3 is 1.42 bits per heavy atom. The quantitative estimate of drug-likeness (QED) is 0.0518. The molecule has 0 saturated carbocycles. The average Bonchev–Trinajstić information content (AvgIpc) is 2.08. The molecule has 6 aromatic carbocycles. The van der Waals surface area contributed by atoms with Crippen molar-refractivity contribution in [2.75, 3.05) is 23.3 Å². The normalized spacial score (nSPS) is 12.8. The van der Waals surface area contributed by atoms with E-state index in [2.05, 4.69) is 40.2 Å². The number of esters is 2. The van der Waals surface area contributed by atoms with E-state index in [0.29, 0.717) is 42.1 Å². The Kier molecular flexibility index (Phi) is 24.9. The summed E-state index contributed by atoms with van der Waals surface area (Å²) in [6.07, 6.45) is -0.875. The molecule has 476 valence electrons. The van der Waals surface area contributed by atoms with Crippen molar-refractivity contribution in [1.82, 2.24) is 10.6 Å². The molecule has 19 nitrogen and oxygen atoms in total. The maximum Gasteiger partial charge on any atom is 0.408 e. The van der Waals surface area contributed by atoms with Gasteiger partial charge in [0.2, 0.25) is 5.91 Å². The predicted octanol–water partition coefficient (Wildman–Crippen LogP) is 13.2. The number of nitrogens with zero attached hydrogens (tertiary/aromatic N) is 3. The van der Waals surface area contributed by atoms with Crippen LogP contribution in [0.1, 0.15) is 129 Å². The maximum absolute atomic E-state index is 13.7. The Bertz CT molecular complexity index is 3510.